The second-order valence-electron chi connectivity index (χ2n) is 11.5. The minimum Gasteiger partial charge on any atom is -0.445 e. The molecule has 0 spiro atoms. The molecule has 2 aromatic carbocycles. The van der Waals surface area contributed by atoms with Gasteiger partial charge in [0.2, 0.25) is 0 Å². The molecule has 2 aliphatic carbocycles. The molecule has 1 amide bonds. The molecule has 242 valence electrons. The van der Waals surface area contributed by atoms with Gasteiger partial charge < -0.3 is 38.5 Å². The van der Waals surface area contributed by atoms with Crippen LogP contribution in [0.4, 0.5) is 9.59 Å². The van der Waals surface area contributed by atoms with E-state index in [-0.39, 0.29) is 31.3 Å². The average molecular weight is 614 g/mol. The van der Waals surface area contributed by atoms with E-state index in [1.165, 1.54) is 5.56 Å². The highest BCUT2D eigenvalue weighted by Crippen LogP contribution is 2.47. The molecule has 0 unspecified atom stereocenters. The Morgan fingerprint density at radius 3 is 2.27 bits per heavy atom. The summed E-state index contributed by atoms with van der Waals surface area (Å²) in [6.07, 6.45) is 4.97. The minimum atomic E-state index is -0.784. The number of ether oxygens (including phenoxy) is 7. The molecule has 44 heavy (non-hydrogen) atoms. The lowest BCUT2D eigenvalue weighted by Gasteiger charge is -2.49. The number of fused-ring (bicyclic) bond motifs is 4. The van der Waals surface area contributed by atoms with Crippen LogP contribution in [0, 0.1) is 5.92 Å². The quantitative estimate of drug-likeness (QED) is 0.147. The molecule has 4 rings (SSSR count). The van der Waals surface area contributed by atoms with Crippen molar-refractivity contribution in [1.82, 2.24) is 5.32 Å². The van der Waals surface area contributed by atoms with Gasteiger partial charge in [0.05, 0.1) is 46.2 Å². The van der Waals surface area contributed by atoms with E-state index in [1.807, 2.05) is 48.5 Å². The summed E-state index contributed by atoms with van der Waals surface area (Å²) in [5.41, 5.74) is 2.94. The lowest BCUT2D eigenvalue weighted by atomic mass is 9.59. The van der Waals surface area contributed by atoms with Crippen LogP contribution >= 0.6 is 0 Å². The van der Waals surface area contributed by atoms with Crippen LogP contribution in [0.15, 0.2) is 48.5 Å². The van der Waals surface area contributed by atoms with Crippen LogP contribution in [0.5, 0.6) is 5.75 Å². The van der Waals surface area contributed by atoms with E-state index in [1.54, 1.807) is 7.11 Å². The van der Waals surface area contributed by atoms with Crippen LogP contribution in [0.25, 0.3) is 0 Å². The molecule has 0 heterocycles. The number of rotatable bonds is 16. The van der Waals surface area contributed by atoms with E-state index < -0.39 is 12.2 Å². The largest absolute Gasteiger partial charge is 0.513 e. The van der Waals surface area contributed by atoms with Gasteiger partial charge in [0.15, 0.2) is 0 Å². The van der Waals surface area contributed by atoms with Gasteiger partial charge in [-0.3, -0.25) is 0 Å². The van der Waals surface area contributed by atoms with E-state index in [4.69, 9.17) is 33.2 Å². The molecular weight excluding hydrogens is 566 g/mol. The lowest BCUT2D eigenvalue weighted by Crippen LogP contribution is -2.57. The Labute approximate surface area is 260 Å². The number of hydrogen-bond acceptors (Lipinski definition) is 9. The van der Waals surface area contributed by atoms with Crippen molar-refractivity contribution < 1.29 is 42.7 Å². The first-order chi connectivity index (χ1) is 21.5. The smallest absolute Gasteiger partial charge is 0.445 e. The Bertz CT molecular complexity index is 1160. The van der Waals surface area contributed by atoms with Crippen LogP contribution in [0.2, 0.25) is 0 Å². The van der Waals surface area contributed by atoms with Crippen LogP contribution < -0.4 is 10.1 Å². The lowest BCUT2D eigenvalue weighted by molar-refractivity contribution is -0.00451. The van der Waals surface area contributed by atoms with Crippen molar-refractivity contribution in [2.24, 2.45) is 5.92 Å². The molecule has 2 aliphatic rings. The van der Waals surface area contributed by atoms with Gasteiger partial charge in [0.1, 0.15) is 19.0 Å². The van der Waals surface area contributed by atoms with E-state index in [0.29, 0.717) is 51.3 Å². The zero-order valence-electron chi connectivity index (χ0n) is 26.1. The van der Waals surface area contributed by atoms with E-state index in [9.17, 15) is 9.59 Å². The van der Waals surface area contributed by atoms with Crippen molar-refractivity contribution in [3.05, 3.63) is 65.2 Å². The van der Waals surface area contributed by atoms with Gasteiger partial charge >= 0.3 is 12.2 Å². The van der Waals surface area contributed by atoms with Crippen molar-refractivity contribution in [2.75, 3.05) is 60.0 Å². The molecule has 0 saturated heterocycles. The molecule has 1 fully saturated rings. The van der Waals surface area contributed by atoms with Crippen molar-refractivity contribution in [3.63, 3.8) is 0 Å². The van der Waals surface area contributed by atoms with E-state index in [2.05, 4.69) is 12.2 Å². The zero-order chi connectivity index (χ0) is 31.0. The number of carbonyl (C=O) groups is 2. The summed E-state index contributed by atoms with van der Waals surface area (Å²) in [5.74, 6) is 0.719. The third kappa shape index (κ3) is 10.2. The molecule has 0 aliphatic heterocycles. The number of nitrogens with one attached hydrogen (secondary N) is 1. The summed E-state index contributed by atoms with van der Waals surface area (Å²) in [4.78, 5) is 25.4. The van der Waals surface area contributed by atoms with Gasteiger partial charge in [-0.25, -0.2) is 9.59 Å². The predicted octanol–water partition coefficient (Wildman–Crippen LogP) is 5.59. The summed E-state index contributed by atoms with van der Waals surface area (Å²) in [6.45, 7) is 5.63. The molecular formula is C34H47NO9. The fourth-order valence-electron chi connectivity index (χ4n) is 6.21. The third-order valence-corrected chi connectivity index (χ3v) is 8.42. The van der Waals surface area contributed by atoms with Gasteiger partial charge in [-0.05, 0) is 54.0 Å². The summed E-state index contributed by atoms with van der Waals surface area (Å²) in [5, 5.41) is 3.24. The van der Waals surface area contributed by atoms with Crippen molar-refractivity contribution >= 4 is 12.2 Å². The minimum absolute atomic E-state index is 0.0698. The maximum atomic E-state index is 13.0. The van der Waals surface area contributed by atoms with Gasteiger partial charge in [-0.15, -0.1) is 0 Å². The molecule has 10 heteroatoms. The van der Waals surface area contributed by atoms with Gasteiger partial charge in [-0.2, -0.15) is 0 Å². The molecule has 10 nitrogen and oxygen atoms in total. The Hall–Kier alpha value is -3.18. The molecule has 1 N–H and O–H groups in total. The topological polar surface area (TPSA) is 111 Å². The van der Waals surface area contributed by atoms with Crippen molar-refractivity contribution in [2.45, 2.75) is 63.5 Å². The van der Waals surface area contributed by atoms with E-state index in [0.717, 1.165) is 49.7 Å². The van der Waals surface area contributed by atoms with Gasteiger partial charge in [0, 0.05) is 18.6 Å². The molecule has 2 aromatic rings. The number of methoxy groups -OCH3 is 1. The fourth-order valence-corrected chi connectivity index (χ4v) is 6.21. The number of benzene rings is 2. The number of hydrogen-bond donors (Lipinski definition) is 1. The molecule has 0 radical (unpaired) electrons. The predicted molar refractivity (Wildman–Crippen MR) is 164 cm³/mol. The Kier molecular flexibility index (Phi) is 13.8. The summed E-state index contributed by atoms with van der Waals surface area (Å²) >= 11 is 0. The highest BCUT2D eigenvalue weighted by atomic mass is 16.7. The van der Waals surface area contributed by atoms with E-state index >= 15 is 0 Å². The second kappa shape index (κ2) is 17.9. The van der Waals surface area contributed by atoms with Gasteiger partial charge in [-0.1, -0.05) is 62.6 Å². The van der Waals surface area contributed by atoms with Crippen LogP contribution in [0.3, 0.4) is 0 Å². The monoisotopic (exact) mass is 613 g/mol. The number of amides is 1. The second-order valence-corrected chi connectivity index (χ2v) is 11.5. The summed E-state index contributed by atoms with van der Waals surface area (Å²) in [6, 6.07) is 15.4. The standard InChI is InChI=1S/C34H47NO9/c1-34-14-8-4-7-11-28(31(34)35-32(36)43-25-26-9-5-3-6-10-26)23-27-12-13-29(24-30(27)34)44-33(37)42-22-21-41-20-19-40-18-17-39-16-15-38-2/h3,5-6,9-10,12-13,24,28,31H,4,7-8,11,14-23,25H2,1-2H3,(H,35,36)/t28-,31-,34+/m0/s1. The number of carbonyl (C=O) groups excluding carboxylic acids is 2. The maximum Gasteiger partial charge on any atom is 0.513 e. The molecule has 2 bridgehead atoms. The van der Waals surface area contributed by atoms with Gasteiger partial charge in [0.25, 0.3) is 0 Å². The molecule has 3 atom stereocenters. The highest BCUT2D eigenvalue weighted by molar-refractivity contribution is 5.68. The highest BCUT2D eigenvalue weighted by Gasteiger charge is 2.47. The first-order valence-electron chi connectivity index (χ1n) is 15.7. The summed E-state index contributed by atoms with van der Waals surface area (Å²) < 4.78 is 37.5. The molecule has 1 saturated carbocycles. The maximum absolute atomic E-state index is 13.0. The Morgan fingerprint density at radius 2 is 1.55 bits per heavy atom. The number of alkyl carbamates (subject to hydrolysis) is 1. The molecule has 0 aromatic heterocycles. The summed E-state index contributed by atoms with van der Waals surface area (Å²) in [7, 11) is 1.63. The normalized spacial score (nSPS) is 21.0. The fraction of sp³-hybridized carbons (Fsp3) is 0.588. The Balaban J connectivity index is 1.26. The third-order valence-electron chi connectivity index (χ3n) is 8.42. The Morgan fingerprint density at radius 1 is 0.841 bits per heavy atom. The van der Waals surface area contributed by atoms with Crippen molar-refractivity contribution in [1.29, 1.82) is 0 Å². The zero-order valence-corrected chi connectivity index (χ0v) is 26.1. The van der Waals surface area contributed by atoms with Crippen LogP contribution in [-0.4, -0.2) is 78.3 Å². The average Bonchev–Trinajstić information content (AvgIpc) is 3.02. The van der Waals surface area contributed by atoms with Crippen LogP contribution in [-0.2, 0) is 46.9 Å². The van der Waals surface area contributed by atoms with Crippen LogP contribution in [0.1, 0.15) is 55.7 Å². The first kappa shape index (κ1) is 33.7. The van der Waals surface area contributed by atoms with Crippen molar-refractivity contribution in [3.8, 4) is 5.75 Å². The first-order valence-corrected chi connectivity index (χ1v) is 15.7. The SMILES string of the molecule is COCCOCCOCCOCCOC(=O)Oc1ccc2c(c1)[C@@]1(C)CCCCC[C@@H](C2)[C@@H]1NC(=O)OCc1ccccc1.